The normalized spacial score (nSPS) is 6.45. The number of hydrogen-bond acceptors (Lipinski definition) is 0. The topological polar surface area (TPSA) is 0 Å². The maximum atomic E-state index is 2.21. The van der Waals surface area contributed by atoms with Gasteiger partial charge in [0, 0.05) is 0 Å². The van der Waals surface area contributed by atoms with Crippen molar-refractivity contribution in [3.05, 3.63) is 11.6 Å². The second kappa shape index (κ2) is 22.6. The number of allylic oxidation sites excluding steroid dienone is 2. The van der Waals surface area contributed by atoms with E-state index in [2.05, 4.69) is 40.7 Å². The smallest absolute Gasteiger partial charge is 0.0377 e. The van der Waals surface area contributed by atoms with Crippen LogP contribution in [0.5, 0.6) is 0 Å². The fraction of sp³-hybridized carbons (Fsp3) is 0.818. The van der Waals surface area contributed by atoms with Crippen molar-refractivity contribution in [2.75, 3.05) is 0 Å². The molecule has 0 saturated carbocycles. The molecule has 0 unspecified atom stereocenters. The Morgan fingerprint density at radius 1 is 1.00 bits per heavy atom. The molecular formula is C11H26. The van der Waals surface area contributed by atoms with Crippen LogP contribution in [0, 0.1) is 0 Å². The molecule has 0 aromatic heterocycles. The Balaban J connectivity index is -0.000000109. The summed E-state index contributed by atoms with van der Waals surface area (Å²) < 4.78 is 0. The van der Waals surface area contributed by atoms with E-state index in [0.29, 0.717) is 0 Å². The van der Waals surface area contributed by atoms with Gasteiger partial charge in [0.25, 0.3) is 0 Å². The van der Waals surface area contributed by atoms with Crippen molar-refractivity contribution in [3.8, 4) is 0 Å². The van der Waals surface area contributed by atoms with Gasteiger partial charge in [-0.15, -0.1) is 0 Å². The summed E-state index contributed by atoms with van der Waals surface area (Å²) in [6, 6.07) is 0. The minimum Gasteiger partial charge on any atom is -0.0862 e. The highest BCUT2D eigenvalue weighted by Crippen LogP contribution is 1.89. The fourth-order valence-corrected chi connectivity index (χ4v) is 0.408. The first kappa shape index (κ1) is 17.0. The average Bonchev–Trinajstić information content (AvgIpc) is 1.93. The van der Waals surface area contributed by atoms with Gasteiger partial charge in [-0.3, -0.25) is 0 Å². The van der Waals surface area contributed by atoms with Gasteiger partial charge in [0.1, 0.15) is 0 Å². The zero-order valence-electron chi connectivity index (χ0n) is 9.49. The standard InChI is InChI=1S/C6H12.C3H8.C2H6/c1-4-5-6(2)3;1-3-2;1-2/h5H,4H2,1-3H3;3H2,1-2H3;1-2H3. The highest BCUT2D eigenvalue weighted by molar-refractivity contribution is 4.91. The van der Waals surface area contributed by atoms with Gasteiger partial charge in [0.15, 0.2) is 0 Å². The van der Waals surface area contributed by atoms with Gasteiger partial charge in [-0.05, 0) is 20.3 Å². The van der Waals surface area contributed by atoms with E-state index in [4.69, 9.17) is 0 Å². The molecule has 0 aromatic rings. The van der Waals surface area contributed by atoms with Gasteiger partial charge in [0.05, 0.1) is 0 Å². The Labute approximate surface area is 73.7 Å². The predicted octanol–water partition coefficient (Wildman–Crippen LogP) is 4.81. The zero-order valence-corrected chi connectivity index (χ0v) is 9.49. The van der Waals surface area contributed by atoms with Crippen LogP contribution in [0.15, 0.2) is 11.6 Å². The largest absolute Gasteiger partial charge is 0.0862 e. The minimum absolute atomic E-state index is 1.17. The van der Waals surface area contributed by atoms with Crippen LogP contribution < -0.4 is 0 Å². The molecule has 0 radical (unpaired) electrons. The summed E-state index contributed by atoms with van der Waals surface area (Å²) in [7, 11) is 0. The Bertz CT molecular complexity index is 56.4. The van der Waals surface area contributed by atoms with Crippen LogP contribution in [0.25, 0.3) is 0 Å². The van der Waals surface area contributed by atoms with Gasteiger partial charge in [-0.2, -0.15) is 0 Å². The van der Waals surface area contributed by atoms with Gasteiger partial charge in [0.2, 0.25) is 0 Å². The SMILES string of the molecule is CC.CCC.CCC=C(C)C. The first-order chi connectivity index (χ1) is 5.18. The van der Waals surface area contributed by atoms with Crippen LogP contribution in [0.3, 0.4) is 0 Å². The Morgan fingerprint density at radius 3 is 1.27 bits per heavy atom. The molecule has 11 heavy (non-hydrogen) atoms. The van der Waals surface area contributed by atoms with Crippen molar-refractivity contribution in [1.82, 2.24) is 0 Å². The molecule has 70 valence electrons. The van der Waals surface area contributed by atoms with Crippen LogP contribution in [0.4, 0.5) is 0 Å². The Hall–Kier alpha value is -0.260. The maximum absolute atomic E-state index is 2.21. The lowest BCUT2D eigenvalue weighted by Crippen LogP contribution is -1.58. The van der Waals surface area contributed by atoms with Crippen molar-refractivity contribution < 1.29 is 0 Å². The first-order valence-electron chi connectivity index (χ1n) is 4.82. The molecule has 0 amide bonds. The molecule has 0 bridgehead atoms. The second-order valence-corrected chi connectivity index (χ2v) is 2.40. The highest BCUT2D eigenvalue weighted by atomic mass is 13.7. The van der Waals surface area contributed by atoms with E-state index >= 15 is 0 Å². The minimum atomic E-state index is 1.17. The van der Waals surface area contributed by atoms with Crippen LogP contribution in [-0.4, -0.2) is 0 Å². The Kier molecular flexibility index (Phi) is 34.9. The van der Waals surface area contributed by atoms with Crippen molar-refractivity contribution in [2.45, 2.75) is 61.3 Å². The summed E-state index contributed by atoms with van der Waals surface area (Å²) in [5.74, 6) is 0. The van der Waals surface area contributed by atoms with Crippen LogP contribution in [0.2, 0.25) is 0 Å². The summed E-state index contributed by atoms with van der Waals surface area (Å²) in [5.41, 5.74) is 1.41. The summed E-state index contributed by atoms with van der Waals surface area (Å²) in [4.78, 5) is 0. The monoisotopic (exact) mass is 158 g/mol. The number of rotatable bonds is 1. The molecule has 0 N–H and O–H groups in total. The molecule has 0 heterocycles. The van der Waals surface area contributed by atoms with Crippen molar-refractivity contribution in [3.63, 3.8) is 0 Å². The lowest BCUT2D eigenvalue weighted by molar-refractivity contribution is 1.09. The Morgan fingerprint density at radius 2 is 1.27 bits per heavy atom. The third-order valence-corrected chi connectivity index (χ3v) is 0.612. The quantitative estimate of drug-likeness (QED) is 0.481. The lowest BCUT2D eigenvalue weighted by Gasteiger charge is -1.80. The van der Waals surface area contributed by atoms with Crippen molar-refractivity contribution in [2.24, 2.45) is 0 Å². The molecule has 0 aromatic carbocycles. The maximum Gasteiger partial charge on any atom is -0.0377 e. The molecule has 0 aliphatic rings. The summed E-state index contributed by atoms with van der Waals surface area (Å²) in [6.45, 7) is 14.6. The van der Waals surface area contributed by atoms with E-state index in [0.717, 1.165) is 0 Å². The zero-order chi connectivity index (χ0) is 9.70. The van der Waals surface area contributed by atoms with E-state index in [-0.39, 0.29) is 0 Å². The van der Waals surface area contributed by atoms with E-state index in [1.54, 1.807) is 0 Å². The van der Waals surface area contributed by atoms with Gasteiger partial charge in [-0.1, -0.05) is 52.7 Å². The van der Waals surface area contributed by atoms with E-state index in [1.165, 1.54) is 18.4 Å². The molecular weight excluding hydrogens is 132 g/mol. The van der Waals surface area contributed by atoms with Crippen molar-refractivity contribution in [1.29, 1.82) is 0 Å². The summed E-state index contributed by atoms with van der Waals surface area (Å²) in [6.07, 6.45) is 4.63. The second-order valence-electron chi connectivity index (χ2n) is 2.40. The lowest BCUT2D eigenvalue weighted by atomic mass is 10.3. The molecule has 0 aliphatic heterocycles. The molecule has 0 heteroatoms. The van der Waals surface area contributed by atoms with Gasteiger partial charge < -0.3 is 0 Å². The molecule has 0 fully saturated rings. The number of hydrogen-bond donors (Lipinski definition) is 0. The highest BCUT2D eigenvalue weighted by Gasteiger charge is 1.67. The van der Waals surface area contributed by atoms with Crippen LogP contribution in [0.1, 0.15) is 61.3 Å². The van der Waals surface area contributed by atoms with Crippen LogP contribution >= 0.6 is 0 Å². The van der Waals surface area contributed by atoms with Gasteiger partial charge in [-0.25, -0.2) is 0 Å². The summed E-state index contributed by atoms with van der Waals surface area (Å²) in [5, 5.41) is 0. The molecule has 0 rings (SSSR count). The van der Waals surface area contributed by atoms with Crippen LogP contribution in [-0.2, 0) is 0 Å². The van der Waals surface area contributed by atoms with Crippen molar-refractivity contribution >= 4 is 0 Å². The molecule has 0 nitrogen and oxygen atoms in total. The molecule has 0 saturated heterocycles. The third kappa shape index (κ3) is 77.7. The third-order valence-electron chi connectivity index (χ3n) is 0.612. The van der Waals surface area contributed by atoms with E-state index in [9.17, 15) is 0 Å². The first-order valence-corrected chi connectivity index (χ1v) is 4.82. The van der Waals surface area contributed by atoms with E-state index in [1.807, 2.05) is 13.8 Å². The fourth-order valence-electron chi connectivity index (χ4n) is 0.408. The van der Waals surface area contributed by atoms with E-state index < -0.39 is 0 Å². The molecule has 0 spiro atoms. The average molecular weight is 158 g/mol. The predicted molar refractivity (Wildman–Crippen MR) is 57.0 cm³/mol. The molecule has 0 aliphatic carbocycles. The van der Waals surface area contributed by atoms with Gasteiger partial charge >= 0.3 is 0 Å². The summed E-state index contributed by atoms with van der Waals surface area (Å²) >= 11 is 0. The molecule has 0 atom stereocenters.